The van der Waals surface area contributed by atoms with Gasteiger partial charge in [-0.1, -0.05) is 0 Å². The van der Waals surface area contributed by atoms with Crippen molar-refractivity contribution in [3.63, 3.8) is 0 Å². The minimum absolute atomic E-state index is 0.322. The maximum absolute atomic E-state index is 11.8. The molecular weight excluding hydrogens is 208 g/mol. The lowest BCUT2D eigenvalue weighted by molar-refractivity contribution is -0.133. The number of nitrogens with one attached hydrogen (secondary N) is 1. The normalized spacial score (nSPS) is 10.9. The van der Waals surface area contributed by atoms with Crippen molar-refractivity contribution in [3.8, 4) is 6.07 Å². The summed E-state index contributed by atoms with van der Waals surface area (Å²) in [5.74, 6) is 0.0488. The number of amides is 1. The standard InChI is InChI=1S/C10H14N4O2/c1-10(2,16-4)9(15)13-8-7(5-11)6-12-14(8)3/h6H,1-4H3,(H,13,15). The van der Waals surface area contributed by atoms with Crippen molar-refractivity contribution < 1.29 is 9.53 Å². The molecule has 0 radical (unpaired) electrons. The van der Waals surface area contributed by atoms with Crippen LogP contribution in [0.3, 0.4) is 0 Å². The van der Waals surface area contributed by atoms with Crippen LogP contribution in [-0.4, -0.2) is 28.4 Å². The zero-order chi connectivity index (χ0) is 12.3. The number of methoxy groups -OCH3 is 1. The number of nitriles is 1. The summed E-state index contributed by atoms with van der Waals surface area (Å²) < 4.78 is 6.47. The maximum atomic E-state index is 11.8. The number of carbonyl (C=O) groups is 1. The molecule has 1 aromatic rings. The van der Waals surface area contributed by atoms with Crippen LogP contribution in [0.1, 0.15) is 19.4 Å². The van der Waals surface area contributed by atoms with E-state index < -0.39 is 5.60 Å². The average molecular weight is 222 g/mol. The second kappa shape index (κ2) is 4.33. The predicted octanol–water partition coefficient (Wildman–Crippen LogP) is 0.655. The van der Waals surface area contributed by atoms with E-state index in [4.69, 9.17) is 10.00 Å². The molecule has 6 heteroatoms. The van der Waals surface area contributed by atoms with E-state index >= 15 is 0 Å². The third kappa shape index (κ3) is 2.20. The molecule has 1 N–H and O–H groups in total. The first kappa shape index (κ1) is 12.2. The molecule has 0 aliphatic rings. The zero-order valence-electron chi connectivity index (χ0n) is 9.74. The minimum atomic E-state index is -0.947. The molecule has 1 heterocycles. The van der Waals surface area contributed by atoms with Crippen LogP contribution < -0.4 is 5.32 Å². The Morgan fingerprint density at radius 3 is 2.81 bits per heavy atom. The average Bonchev–Trinajstić information content (AvgIpc) is 2.60. The van der Waals surface area contributed by atoms with Crippen LogP contribution in [0.4, 0.5) is 5.82 Å². The van der Waals surface area contributed by atoms with Gasteiger partial charge in [-0.3, -0.25) is 9.48 Å². The van der Waals surface area contributed by atoms with Gasteiger partial charge >= 0.3 is 0 Å². The summed E-state index contributed by atoms with van der Waals surface area (Å²) in [5, 5.41) is 15.3. The monoisotopic (exact) mass is 222 g/mol. The van der Waals surface area contributed by atoms with Crippen LogP contribution in [0.2, 0.25) is 0 Å². The Hall–Kier alpha value is -1.87. The third-order valence-corrected chi connectivity index (χ3v) is 2.35. The SMILES string of the molecule is COC(C)(C)C(=O)Nc1c(C#N)cnn1C. The number of hydrogen-bond acceptors (Lipinski definition) is 4. The van der Waals surface area contributed by atoms with Crippen molar-refractivity contribution in [2.45, 2.75) is 19.4 Å². The summed E-state index contributed by atoms with van der Waals surface area (Å²) in [6, 6.07) is 1.95. The van der Waals surface area contributed by atoms with Crippen LogP contribution in [-0.2, 0) is 16.6 Å². The maximum Gasteiger partial charge on any atom is 0.257 e. The molecule has 0 aromatic carbocycles. The molecule has 0 spiro atoms. The number of aryl methyl sites for hydroxylation is 1. The Balaban J connectivity index is 2.94. The van der Waals surface area contributed by atoms with Gasteiger partial charge in [0.05, 0.1) is 6.20 Å². The van der Waals surface area contributed by atoms with Gasteiger partial charge in [0.1, 0.15) is 23.1 Å². The molecule has 0 aliphatic heterocycles. The van der Waals surface area contributed by atoms with Crippen LogP contribution in [0, 0.1) is 11.3 Å². The predicted molar refractivity (Wildman–Crippen MR) is 57.6 cm³/mol. The first-order valence-electron chi connectivity index (χ1n) is 4.71. The minimum Gasteiger partial charge on any atom is -0.369 e. The molecule has 6 nitrogen and oxygen atoms in total. The van der Waals surface area contributed by atoms with Gasteiger partial charge in [-0.25, -0.2) is 0 Å². The van der Waals surface area contributed by atoms with Gasteiger partial charge in [-0.2, -0.15) is 10.4 Å². The molecular formula is C10H14N4O2. The van der Waals surface area contributed by atoms with Gasteiger partial charge in [0, 0.05) is 14.2 Å². The van der Waals surface area contributed by atoms with Gasteiger partial charge in [-0.05, 0) is 13.8 Å². The Bertz CT molecular complexity index is 442. The van der Waals surface area contributed by atoms with E-state index in [1.165, 1.54) is 18.0 Å². The highest BCUT2D eigenvalue weighted by molar-refractivity contribution is 5.96. The van der Waals surface area contributed by atoms with Gasteiger partial charge < -0.3 is 10.1 Å². The van der Waals surface area contributed by atoms with Gasteiger partial charge in [0.15, 0.2) is 0 Å². The van der Waals surface area contributed by atoms with Crippen LogP contribution in [0.15, 0.2) is 6.20 Å². The lowest BCUT2D eigenvalue weighted by Crippen LogP contribution is -2.39. The quantitative estimate of drug-likeness (QED) is 0.814. The van der Waals surface area contributed by atoms with Crippen LogP contribution in [0.25, 0.3) is 0 Å². The smallest absolute Gasteiger partial charge is 0.257 e. The van der Waals surface area contributed by atoms with E-state index in [0.29, 0.717) is 11.4 Å². The number of nitrogens with zero attached hydrogens (tertiary/aromatic N) is 3. The Morgan fingerprint density at radius 1 is 1.69 bits per heavy atom. The summed E-state index contributed by atoms with van der Waals surface area (Å²) >= 11 is 0. The van der Waals surface area contributed by atoms with Gasteiger partial charge in [-0.15, -0.1) is 0 Å². The summed E-state index contributed by atoms with van der Waals surface area (Å²) in [6.45, 7) is 3.29. The molecule has 1 amide bonds. The van der Waals surface area contributed by atoms with E-state index in [0.717, 1.165) is 0 Å². The Kier molecular flexibility index (Phi) is 3.30. The van der Waals surface area contributed by atoms with Crippen LogP contribution in [0.5, 0.6) is 0 Å². The number of aromatic nitrogens is 2. The highest BCUT2D eigenvalue weighted by atomic mass is 16.5. The van der Waals surface area contributed by atoms with Crippen molar-refractivity contribution in [1.82, 2.24) is 9.78 Å². The summed E-state index contributed by atoms with van der Waals surface area (Å²) in [4.78, 5) is 11.8. The number of carbonyl (C=O) groups excluding carboxylic acids is 1. The molecule has 16 heavy (non-hydrogen) atoms. The molecule has 86 valence electrons. The molecule has 1 rings (SSSR count). The van der Waals surface area contributed by atoms with E-state index in [1.54, 1.807) is 20.9 Å². The fraction of sp³-hybridized carbons (Fsp3) is 0.500. The Morgan fingerprint density at radius 2 is 2.31 bits per heavy atom. The molecule has 1 aromatic heterocycles. The second-order valence-corrected chi connectivity index (χ2v) is 3.81. The van der Waals surface area contributed by atoms with Crippen LogP contribution >= 0.6 is 0 Å². The summed E-state index contributed by atoms with van der Waals surface area (Å²) in [5.41, 5.74) is -0.625. The third-order valence-electron chi connectivity index (χ3n) is 2.35. The number of ether oxygens (including phenoxy) is 1. The van der Waals surface area contributed by atoms with E-state index in [-0.39, 0.29) is 5.91 Å². The van der Waals surface area contributed by atoms with E-state index in [9.17, 15) is 4.79 Å². The first-order chi connectivity index (χ1) is 7.42. The lowest BCUT2D eigenvalue weighted by Gasteiger charge is -2.21. The molecule has 0 aliphatic carbocycles. The van der Waals surface area contributed by atoms with Gasteiger partial charge in [0.2, 0.25) is 0 Å². The zero-order valence-corrected chi connectivity index (χ0v) is 9.74. The summed E-state index contributed by atoms with van der Waals surface area (Å²) in [7, 11) is 3.10. The van der Waals surface area contributed by atoms with Crippen molar-refractivity contribution in [2.75, 3.05) is 12.4 Å². The topological polar surface area (TPSA) is 79.9 Å². The van der Waals surface area contributed by atoms with Gasteiger partial charge in [0.25, 0.3) is 5.91 Å². The Labute approximate surface area is 93.8 Å². The molecule has 0 saturated heterocycles. The first-order valence-corrected chi connectivity index (χ1v) is 4.71. The fourth-order valence-electron chi connectivity index (χ4n) is 1.02. The fourth-order valence-corrected chi connectivity index (χ4v) is 1.02. The van der Waals surface area contributed by atoms with Crippen molar-refractivity contribution in [3.05, 3.63) is 11.8 Å². The highest BCUT2D eigenvalue weighted by Crippen LogP contribution is 2.16. The van der Waals surface area contributed by atoms with Crippen molar-refractivity contribution in [2.24, 2.45) is 7.05 Å². The highest BCUT2D eigenvalue weighted by Gasteiger charge is 2.28. The largest absolute Gasteiger partial charge is 0.369 e. The van der Waals surface area contributed by atoms with Crippen molar-refractivity contribution >= 4 is 11.7 Å². The lowest BCUT2D eigenvalue weighted by atomic mass is 10.1. The van der Waals surface area contributed by atoms with E-state index in [2.05, 4.69) is 10.4 Å². The molecule has 0 bridgehead atoms. The molecule has 0 saturated carbocycles. The summed E-state index contributed by atoms with van der Waals surface area (Å²) in [6.07, 6.45) is 1.40. The molecule has 0 fully saturated rings. The number of rotatable bonds is 3. The van der Waals surface area contributed by atoms with Crippen molar-refractivity contribution in [1.29, 1.82) is 5.26 Å². The second-order valence-electron chi connectivity index (χ2n) is 3.81. The number of anilines is 1. The van der Waals surface area contributed by atoms with E-state index in [1.807, 2.05) is 6.07 Å². The molecule has 0 unspecified atom stereocenters. The molecule has 0 atom stereocenters. The number of hydrogen-bond donors (Lipinski definition) is 1.